The van der Waals surface area contributed by atoms with E-state index in [9.17, 15) is 9.59 Å². The van der Waals surface area contributed by atoms with Gasteiger partial charge in [0, 0.05) is 0 Å². The number of ether oxygens (including phenoxy) is 1. The third kappa shape index (κ3) is 2.17. The van der Waals surface area contributed by atoms with Crippen LogP contribution in [0.1, 0.15) is 38.8 Å². The number of carbonyl (C=O) groups excluding carboxylic acids is 2. The van der Waals surface area contributed by atoms with Crippen molar-refractivity contribution in [3.05, 3.63) is 41.5 Å². The average molecular weight is 272 g/mol. The van der Waals surface area contributed by atoms with E-state index in [1.54, 1.807) is 6.08 Å². The minimum atomic E-state index is -1.15. The third-order valence-electron chi connectivity index (χ3n) is 3.83. The maximum atomic E-state index is 11.9. The molecule has 0 saturated carbocycles. The van der Waals surface area contributed by atoms with Gasteiger partial charge in [0.05, 0.1) is 7.11 Å². The van der Waals surface area contributed by atoms with Crippen molar-refractivity contribution in [2.45, 2.75) is 33.1 Å². The summed E-state index contributed by atoms with van der Waals surface area (Å²) in [6, 6.07) is 7.99. The molecule has 1 aromatic rings. The largest absolute Gasteiger partial charge is 0.468 e. The molecule has 0 heterocycles. The zero-order chi connectivity index (χ0) is 15.1. The Kier molecular flexibility index (Phi) is 3.32. The summed E-state index contributed by atoms with van der Waals surface area (Å²) >= 11 is 0. The Bertz CT molecular complexity index is 588. The highest BCUT2D eigenvalue weighted by atomic mass is 16.5. The van der Waals surface area contributed by atoms with E-state index in [0.29, 0.717) is 0 Å². The van der Waals surface area contributed by atoms with Crippen LogP contribution in [0.2, 0.25) is 0 Å². The highest BCUT2D eigenvalue weighted by molar-refractivity contribution is 6.24. The molecule has 106 valence electrons. The van der Waals surface area contributed by atoms with Crippen LogP contribution in [-0.2, 0) is 19.7 Å². The summed E-state index contributed by atoms with van der Waals surface area (Å²) in [4.78, 5) is 23.6. The molecular formula is C17H20O3. The lowest BCUT2D eigenvalue weighted by molar-refractivity contribution is -0.148. The van der Waals surface area contributed by atoms with Gasteiger partial charge in [-0.25, -0.2) is 0 Å². The van der Waals surface area contributed by atoms with E-state index in [1.807, 2.05) is 24.3 Å². The molecule has 2 rings (SSSR count). The molecular weight excluding hydrogens is 252 g/mol. The number of carbonyl (C=O) groups is 2. The van der Waals surface area contributed by atoms with E-state index in [1.165, 1.54) is 19.6 Å². The van der Waals surface area contributed by atoms with E-state index in [4.69, 9.17) is 4.74 Å². The molecule has 0 unspecified atom stereocenters. The minimum absolute atomic E-state index is 0.0798. The van der Waals surface area contributed by atoms with Crippen LogP contribution in [-0.4, -0.2) is 18.9 Å². The number of benzene rings is 1. The normalized spacial score (nSPS) is 21.1. The molecule has 3 heteroatoms. The number of Topliss-reactive ketones (excluding diaryl/α,β-unsaturated/α-hetero) is 1. The van der Waals surface area contributed by atoms with E-state index in [2.05, 4.69) is 20.8 Å². The molecule has 0 aromatic heterocycles. The van der Waals surface area contributed by atoms with Crippen molar-refractivity contribution < 1.29 is 14.3 Å². The van der Waals surface area contributed by atoms with Gasteiger partial charge in [0.15, 0.2) is 11.2 Å². The highest BCUT2D eigenvalue weighted by Crippen LogP contribution is 2.52. The van der Waals surface area contributed by atoms with Gasteiger partial charge in [-0.15, -0.1) is 0 Å². The number of rotatable bonds is 3. The van der Waals surface area contributed by atoms with Gasteiger partial charge >= 0.3 is 5.97 Å². The second kappa shape index (κ2) is 4.58. The molecule has 20 heavy (non-hydrogen) atoms. The van der Waals surface area contributed by atoms with Gasteiger partial charge in [-0.2, -0.15) is 0 Å². The summed E-state index contributed by atoms with van der Waals surface area (Å²) in [6.07, 6.45) is 1.69. The maximum Gasteiger partial charge on any atom is 0.327 e. The van der Waals surface area contributed by atoms with E-state index in [-0.39, 0.29) is 11.2 Å². The fourth-order valence-corrected chi connectivity index (χ4v) is 2.41. The molecule has 0 aliphatic heterocycles. The van der Waals surface area contributed by atoms with Crippen molar-refractivity contribution >= 4 is 17.3 Å². The molecule has 0 saturated heterocycles. The van der Waals surface area contributed by atoms with Crippen molar-refractivity contribution in [2.75, 3.05) is 7.11 Å². The second-order valence-corrected chi connectivity index (χ2v) is 6.24. The van der Waals surface area contributed by atoms with Crippen LogP contribution in [0.3, 0.4) is 0 Å². The first-order valence-corrected chi connectivity index (χ1v) is 6.67. The van der Waals surface area contributed by atoms with Crippen LogP contribution in [0.5, 0.6) is 0 Å². The predicted octanol–water partition coefficient (Wildman–Crippen LogP) is 3.13. The number of hydrogen-bond donors (Lipinski definition) is 0. The third-order valence-corrected chi connectivity index (χ3v) is 3.83. The lowest BCUT2D eigenvalue weighted by Crippen LogP contribution is -2.28. The molecule has 0 spiro atoms. The minimum Gasteiger partial charge on any atom is -0.468 e. The van der Waals surface area contributed by atoms with Crippen molar-refractivity contribution in [1.82, 2.24) is 0 Å². The molecule has 1 aliphatic rings. The van der Waals surface area contributed by atoms with Crippen LogP contribution in [0, 0.1) is 5.41 Å². The molecule has 1 aliphatic carbocycles. The average Bonchev–Trinajstić information content (AvgIpc) is 3.13. The standard InChI is InChI=1S/C17H20O3/c1-11(18)17(15(19)20-5)10-14(17)12-6-8-13(9-7-12)16(2,3)4/h6-10H,1-5H3/t17-/m0/s1. The van der Waals surface area contributed by atoms with Gasteiger partial charge in [0.2, 0.25) is 0 Å². The van der Waals surface area contributed by atoms with Gasteiger partial charge in [-0.3, -0.25) is 9.59 Å². The Balaban J connectivity index is 2.29. The SMILES string of the molecule is COC(=O)[C@]1(C(C)=O)C=C1c1ccc(C(C)(C)C)cc1. The fourth-order valence-electron chi connectivity index (χ4n) is 2.41. The lowest BCUT2D eigenvalue weighted by atomic mass is 9.85. The van der Waals surface area contributed by atoms with Gasteiger partial charge in [0.25, 0.3) is 0 Å². The summed E-state index contributed by atoms with van der Waals surface area (Å²) in [6.45, 7) is 7.86. The molecule has 0 radical (unpaired) electrons. The topological polar surface area (TPSA) is 43.4 Å². The Morgan fingerprint density at radius 2 is 1.65 bits per heavy atom. The van der Waals surface area contributed by atoms with E-state index >= 15 is 0 Å². The number of methoxy groups -OCH3 is 1. The number of esters is 1. The molecule has 3 nitrogen and oxygen atoms in total. The van der Waals surface area contributed by atoms with E-state index in [0.717, 1.165) is 11.1 Å². The maximum absolute atomic E-state index is 11.9. The van der Waals surface area contributed by atoms with Gasteiger partial charge in [-0.05, 0) is 35.1 Å². The first-order chi connectivity index (χ1) is 9.23. The van der Waals surface area contributed by atoms with E-state index < -0.39 is 11.4 Å². The Morgan fingerprint density at radius 1 is 1.10 bits per heavy atom. The number of ketones is 1. The zero-order valence-electron chi connectivity index (χ0n) is 12.6. The summed E-state index contributed by atoms with van der Waals surface area (Å²) in [5, 5.41) is 0. The Labute approximate surface area is 119 Å². The monoisotopic (exact) mass is 272 g/mol. The van der Waals surface area contributed by atoms with Gasteiger partial charge in [0.1, 0.15) is 0 Å². The smallest absolute Gasteiger partial charge is 0.327 e. The Hall–Kier alpha value is -1.90. The quantitative estimate of drug-likeness (QED) is 0.627. The van der Waals surface area contributed by atoms with Crippen LogP contribution < -0.4 is 0 Å². The zero-order valence-corrected chi connectivity index (χ0v) is 12.6. The van der Waals surface area contributed by atoms with Crippen LogP contribution in [0.15, 0.2) is 30.3 Å². The molecule has 0 amide bonds. The second-order valence-electron chi connectivity index (χ2n) is 6.24. The van der Waals surface area contributed by atoms with Gasteiger partial charge < -0.3 is 4.74 Å². The van der Waals surface area contributed by atoms with Crippen LogP contribution in [0.4, 0.5) is 0 Å². The van der Waals surface area contributed by atoms with Crippen molar-refractivity contribution in [2.24, 2.45) is 5.41 Å². The summed E-state index contributed by atoms with van der Waals surface area (Å²) in [5.74, 6) is -0.695. The first kappa shape index (κ1) is 14.5. The van der Waals surface area contributed by atoms with Gasteiger partial charge in [-0.1, -0.05) is 45.0 Å². The molecule has 0 bridgehead atoms. The summed E-state index contributed by atoms with van der Waals surface area (Å²) < 4.78 is 4.76. The fraction of sp³-hybridized carbons (Fsp3) is 0.412. The Morgan fingerprint density at radius 3 is 2.05 bits per heavy atom. The molecule has 1 aromatic carbocycles. The van der Waals surface area contributed by atoms with Crippen LogP contribution >= 0.6 is 0 Å². The molecule has 1 atom stereocenters. The molecule has 0 N–H and O–H groups in total. The van der Waals surface area contributed by atoms with Crippen molar-refractivity contribution in [1.29, 1.82) is 0 Å². The summed E-state index contributed by atoms with van der Waals surface area (Å²) in [5.41, 5.74) is 1.79. The molecule has 0 fully saturated rings. The van der Waals surface area contributed by atoms with Crippen molar-refractivity contribution in [3.8, 4) is 0 Å². The number of hydrogen-bond acceptors (Lipinski definition) is 3. The van der Waals surface area contributed by atoms with Crippen LogP contribution in [0.25, 0.3) is 5.57 Å². The first-order valence-electron chi connectivity index (χ1n) is 6.67. The predicted molar refractivity (Wildman–Crippen MR) is 78.2 cm³/mol. The lowest BCUT2D eigenvalue weighted by Gasteiger charge is -2.19. The van der Waals surface area contributed by atoms with Crippen molar-refractivity contribution in [3.63, 3.8) is 0 Å². The summed E-state index contributed by atoms with van der Waals surface area (Å²) in [7, 11) is 1.31. The highest BCUT2D eigenvalue weighted by Gasteiger charge is 2.56.